The van der Waals surface area contributed by atoms with Crippen molar-refractivity contribution < 1.29 is 17.6 Å². The zero-order valence-corrected chi connectivity index (χ0v) is 34.4. The van der Waals surface area contributed by atoms with E-state index in [-0.39, 0.29) is 22.5 Å². The Hall–Kier alpha value is -9.48. The summed E-state index contributed by atoms with van der Waals surface area (Å²) in [7, 11) is 0. The maximum Gasteiger partial charge on any atom is 0.148 e. The van der Waals surface area contributed by atoms with Crippen molar-refractivity contribution in [2.45, 2.75) is 0 Å². The highest BCUT2D eigenvalue weighted by molar-refractivity contribution is 6.28. The van der Waals surface area contributed by atoms with Gasteiger partial charge in [-0.3, -0.25) is 0 Å². The van der Waals surface area contributed by atoms with Gasteiger partial charge in [0.15, 0.2) is 0 Å². The molecule has 6 nitrogen and oxygen atoms in total. The quantitative estimate of drug-likeness (QED) is 0.111. The van der Waals surface area contributed by atoms with Crippen LogP contribution in [0.25, 0.3) is 54.6 Å². The Morgan fingerprint density at radius 1 is 0.318 bits per heavy atom. The highest BCUT2D eigenvalue weighted by Gasteiger charge is 2.26. The fraction of sp³-hybridized carbons (Fsp3) is 0. The highest BCUT2D eigenvalue weighted by atomic mass is 19.1. The van der Waals surface area contributed by atoms with Crippen molar-refractivity contribution >= 4 is 66.4 Å². The van der Waals surface area contributed by atoms with E-state index >= 15 is 17.6 Å². The molecule has 0 aliphatic carbocycles. The fourth-order valence-corrected chi connectivity index (χ4v) is 8.65. The summed E-state index contributed by atoms with van der Waals surface area (Å²) < 4.78 is 66.1. The number of benzene rings is 10. The predicted molar refractivity (Wildman–Crippen MR) is 249 cm³/mol. The molecule has 0 atom stereocenters. The van der Waals surface area contributed by atoms with E-state index in [1.54, 1.807) is 82.6 Å². The van der Waals surface area contributed by atoms with Crippen LogP contribution in [0.3, 0.4) is 0 Å². The summed E-state index contributed by atoms with van der Waals surface area (Å²) in [5, 5.41) is 42.3. The third-order valence-corrected chi connectivity index (χ3v) is 11.8. The van der Waals surface area contributed by atoms with Crippen molar-refractivity contribution in [2.24, 2.45) is 0 Å². The Kier molecular flexibility index (Phi) is 10.0. The number of halogens is 4. The average molecular weight is 861 g/mol. The summed E-state index contributed by atoms with van der Waals surface area (Å²) in [4.78, 5) is 3.21. The molecule has 10 rings (SSSR count). The van der Waals surface area contributed by atoms with Gasteiger partial charge < -0.3 is 9.80 Å². The fourth-order valence-electron chi connectivity index (χ4n) is 8.65. The predicted octanol–water partition coefficient (Wildman–Crippen LogP) is 14.9. The largest absolute Gasteiger partial charge is 0.307 e. The molecule has 0 unspecified atom stereocenters. The summed E-state index contributed by atoms with van der Waals surface area (Å²) >= 11 is 0. The average Bonchev–Trinajstić information content (AvgIpc) is 3.36. The van der Waals surface area contributed by atoms with E-state index in [0.717, 1.165) is 45.8 Å². The Morgan fingerprint density at radius 2 is 0.636 bits per heavy atom. The van der Waals surface area contributed by atoms with Gasteiger partial charge in [-0.2, -0.15) is 21.0 Å². The van der Waals surface area contributed by atoms with Crippen LogP contribution in [0.15, 0.2) is 170 Å². The second kappa shape index (κ2) is 16.3. The highest BCUT2D eigenvalue weighted by Crippen LogP contribution is 2.49. The molecule has 0 spiro atoms. The Bertz CT molecular complexity index is 3480. The first-order valence-electron chi connectivity index (χ1n) is 20.5. The van der Waals surface area contributed by atoms with Gasteiger partial charge in [-0.25, -0.2) is 17.6 Å². The van der Waals surface area contributed by atoms with Crippen LogP contribution in [0.5, 0.6) is 0 Å². The molecule has 0 aromatic heterocycles. The van der Waals surface area contributed by atoms with Gasteiger partial charge in [0.1, 0.15) is 23.3 Å². The van der Waals surface area contributed by atoms with Crippen LogP contribution in [0.2, 0.25) is 0 Å². The first-order chi connectivity index (χ1) is 32.2. The lowest BCUT2D eigenvalue weighted by molar-refractivity contribution is 0.604. The molecule has 10 heteroatoms. The molecule has 0 amide bonds. The van der Waals surface area contributed by atoms with E-state index in [0.29, 0.717) is 66.9 Å². The topological polar surface area (TPSA) is 102 Å². The molecule has 0 bridgehead atoms. The van der Waals surface area contributed by atoms with Crippen LogP contribution < -0.4 is 9.80 Å². The maximum absolute atomic E-state index is 16.7. The van der Waals surface area contributed by atoms with Gasteiger partial charge in [-0.1, -0.05) is 60.7 Å². The summed E-state index contributed by atoms with van der Waals surface area (Å²) in [6.07, 6.45) is 0. The van der Waals surface area contributed by atoms with Gasteiger partial charge in [0, 0.05) is 45.4 Å². The molecule has 66 heavy (non-hydrogen) atoms. The Morgan fingerprint density at radius 3 is 0.970 bits per heavy atom. The number of anilines is 6. The van der Waals surface area contributed by atoms with Crippen molar-refractivity contribution in [3.63, 3.8) is 0 Å². The third-order valence-electron chi connectivity index (χ3n) is 11.8. The molecule has 0 radical (unpaired) electrons. The van der Waals surface area contributed by atoms with Gasteiger partial charge in [0.2, 0.25) is 0 Å². The van der Waals surface area contributed by atoms with Gasteiger partial charge in [-0.05, 0) is 130 Å². The van der Waals surface area contributed by atoms with Crippen molar-refractivity contribution in [1.82, 2.24) is 0 Å². The number of nitriles is 4. The van der Waals surface area contributed by atoms with Crippen LogP contribution in [0.1, 0.15) is 22.3 Å². The molecule has 0 fully saturated rings. The molecule has 0 N–H and O–H groups in total. The monoisotopic (exact) mass is 860 g/mol. The molecule has 10 aromatic carbocycles. The van der Waals surface area contributed by atoms with Crippen molar-refractivity contribution in [3.05, 3.63) is 215 Å². The molecular formula is C56H28F4N6. The lowest BCUT2D eigenvalue weighted by atomic mass is 9.91. The van der Waals surface area contributed by atoms with E-state index in [1.165, 1.54) is 24.3 Å². The maximum atomic E-state index is 16.7. The van der Waals surface area contributed by atoms with Crippen LogP contribution in [0, 0.1) is 68.6 Å². The van der Waals surface area contributed by atoms with Crippen LogP contribution >= 0.6 is 0 Å². The second-order valence-electron chi connectivity index (χ2n) is 15.5. The molecule has 310 valence electrons. The van der Waals surface area contributed by atoms with Gasteiger partial charge in [0.05, 0.1) is 69.3 Å². The minimum Gasteiger partial charge on any atom is -0.307 e. The number of nitrogens with zero attached hydrogens (tertiary/aromatic N) is 6. The number of rotatable bonds is 8. The van der Waals surface area contributed by atoms with Crippen LogP contribution in [-0.2, 0) is 0 Å². The summed E-state index contributed by atoms with van der Waals surface area (Å²) in [6, 6.07) is 53.3. The van der Waals surface area contributed by atoms with Crippen molar-refractivity contribution in [2.75, 3.05) is 9.80 Å². The molecule has 0 saturated carbocycles. The second-order valence-corrected chi connectivity index (χ2v) is 15.5. The lowest BCUT2D eigenvalue weighted by Crippen LogP contribution is -2.14. The van der Waals surface area contributed by atoms with Gasteiger partial charge in [0.25, 0.3) is 0 Å². The first kappa shape index (κ1) is 40.6. The Balaban J connectivity index is 1.18. The van der Waals surface area contributed by atoms with E-state index in [4.69, 9.17) is 0 Å². The summed E-state index contributed by atoms with van der Waals surface area (Å²) in [6.45, 7) is 0. The normalized spacial score (nSPS) is 11.0. The van der Waals surface area contributed by atoms with Crippen LogP contribution in [0.4, 0.5) is 51.7 Å². The molecule has 0 aliphatic rings. The van der Waals surface area contributed by atoms with Gasteiger partial charge in [-0.15, -0.1) is 0 Å². The van der Waals surface area contributed by atoms with Crippen molar-refractivity contribution in [3.8, 4) is 46.5 Å². The number of hydrogen-bond acceptors (Lipinski definition) is 6. The Labute approximate surface area is 375 Å². The molecule has 0 saturated heterocycles. The summed E-state index contributed by atoms with van der Waals surface area (Å²) in [5.74, 6) is -2.86. The van der Waals surface area contributed by atoms with Crippen LogP contribution in [-0.4, -0.2) is 0 Å². The zero-order valence-electron chi connectivity index (χ0n) is 34.4. The first-order valence-corrected chi connectivity index (χ1v) is 20.5. The minimum absolute atomic E-state index is 0.00969. The minimum atomic E-state index is -0.731. The number of hydrogen-bond donors (Lipinski definition) is 0. The lowest BCUT2D eigenvalue weighted by Gasteiger charge is -2.30. The smallest absolute Gasteiger partial charge is 0.148 e. The summed E-state index contributed by atoms with van der Waals surface area (Å²) in [5.41, 5.74) is 3.98. The molecular weight excluding hydrogens is 833 g/mol. The van der Waals surface area contributed by atoms with E-state index < -0.39 is 23.3 Å². The molecule has 10 aromatic rings. The SMILES string of the molecule is N#Cc1ccc(-c2cc(F)c(N(c3ccc(C#N)cc3)c3ccc4ccc5c(N(c6ccc(C#N)cc6)c6cc(F)c(-c7ccc(C#N)cc7)cc6F)ccc6ccc3c4c65)cc2F)cc1. The standard InChI is InChI=1S/C56H28F4N6/c57-47-27-53(49(59)25-45(47)37-9-1-33(29-61)2-10-37)65(41-17-5-35(31-63)6-18-41)51-23-15-39-14-22-44-52(24-16-40-13-21-43(51)55(39)56(40)44)66(42-19-7-36(32-64)8-20-42)54-28-48(58)46(26-50(54)60)38-11-3-34(30-62)4-12-38/h1-28H. The van der Waals surface area contributed by atoms with Gasteiger partial charge >= 0.3 is 0 Å². The molecule has 0 heterocycles. The van der Waals surface area contributed by atoms with E-state index in [2.05, 4.69) is 12.1 Å². The zero-order chi connectivity index (χ0) is 45.6. The molecule has 0 aliphatic heterocycles. The van der Waals surface area contributed by atoms with E-state index in [9.17, 15) is 21.0 Å². The third kappa shape index (κ3) is 6.89. The van der Waals surface area contributed by atoms with Crippen molar-refractivity contribution in [1.29, 1.82) is 21.0 Å². The van der Waals surface area contributed by atoms with E-state index in [1.807, 2.05) is 60.7 Å².